The summed E-state index contributed by atoms with van der Waals surface area (Å²) in [6, 6.07) is 0. The van der Waals surface area contributed by atoms with Crippen LogP contribution >= 0.6 is 0 Å². The van der Waals surface area contributed by atoms with E-state index in [0.29, 0.717) is 0 Å². The second kappa shape index (κ2) is 5.98. The molecule has 0 aromatic carbocycles. The third-order valence-corrected chi connectivity index (χ3v) is 2.22. The lowest BCUT2D eigenvalue weighted by atomic mass is 10.1. The third kappa shape index (κ3) is 5.94. The monoisotopic (exact) mass is 203 g/mol. The van der Waals surface area contributed by atoms with E-state index in [1.807, 2.05) is 20.8 Å². The van der Waals surface area contributed by atoms with Gasteiger partial charge in [0.25, 0.3) is 0 Å². The van der Waals surface area contributed by atoms with E-state index in [1.54, 1.807) is 7.05 Å². The molecule has 0 aliphatic heterocycles. The SMILES string of the molecule is CCC(C)(C)OCC(O)CC(=O)NC. The normalized spacial score (nSPS) is 13.8. The van der Waals surface area contributed by atoms with E-state index < -0.39 is 6.10 Å². The Bertz CT molecular complexity index is 180. The van der Waals surface area contributed by atoms with Gasteiger partial charge in [-0.15, -0.1) is 0 Å². The van der Waals surface area contributed by atoms with E-state index in [2.05, 4.69) is 5.32 Å². The molecular weight excluding hydrogens is 182 g/mol. The van der Waals surface area contributed by atoms with Gasteiger partial charge in [0.1, 0.15) is 0 Å². The van der Waals surface area contributed by atoms with Crippen molar-refractivity contribution in [3.63, 3.8) is 0 Å². The molecule has 84 valence electrons. The molecule has 0 spiro atoms. The average Bonchev–Trinajstić information content (AvgIpc) is 2.15. The van der Waals surface area contributed by atoms with Crippen LogP contribution in [0.3, 0.4) is 0 Å². The predicted octanol–water partition coefficient (Wildman–Crippen LogP) is 0.689. The van der Waals surface area contributed by atoms with Crippen LogP contribution in [-0.2, 0) is 9.53 Å². The van der Waals surface area contributed by atoms with E-state index in [0.717, 1.165) is 6.42 Å². The summed E-state index contributed by atoms with van der Waals surface area (Å²) in [5.41, 5.74) is -0.232. The molecule has 0 saturated carbocycles. The highest BCUT2D eigenvalue weighted by atomic mass is 16.5. The first-order valence-corrected chi connectivity index (χ1v) is 4.94. The minimum atomic E-state index is -0.722. The zero-order valence-corrected chi connectivity index (χ0v) is 9.46. The molecule has 1 unspecified atom stereocenters. The highest BCUT2D eigenvalue weighted by Gasteiger charge is 2.18. The maximum Gasteiger partial charge on any atom is 0.222 e. The molecule has 4 nitrogen and oxygen atoms in total. The summed E-state index contributed by atoms with van der Waals surface area (Å²) in [7, 11) is 1.55. The van der Waals surface area contributed by atoms with Crippen LogP contribution in [-0.4, -0.2) is 36.4 Å². The number of carbonyl (C=O) groups is 1. The molecule has 0 aromatic heterocycles. The Morgan fingerprint density at radius 2 is 2.14 bits per heavy atom. The molecule has 0 saturated heterocycles. The lowest BCUT2D eigenvalue weighted by Crippen LogP contribution is -2.31. The Balaban J connectivity index is 3.74. The van der Waals surface area contributed by atoms with Gasteiger partial charge in [0.05, 0.1) is 24.7 Å². The first-order valence-electron chi connectivity index (χ1n) is 4.94. The Hall–Kier alpha value is -0.610. The quantitative estimate of drug-likeness (QED) is 0.667. The fraction of sp³-hybridized carbons (Fsp3) is 0.900. The Morgan fingerprint density at radius 1 is 1.57 bits per heavy atom. The summed E-state index contributed by atoms with van der Waals surface area (Å²) in [4.78, 5) is 10.9. The molecule has 0 rings (SSSR count). The number of aliphatic hydroxyl groups is 1. The van der Waals surface area contributed by atoms with Gasteiger partial charge in [-0.25, -0.2) is 0 Å². The summed E-state index contributed by atoms with van der Waals surface area (Å²) in [5.74, 6) is -0.171. The van der Waals surface area contributed by atoms with E-state index in [4.69, 9.17) is 4.74 Å². The van der Waals surface area contributed by atoms with Crippen LogP contribution in [0.25, 0.3) is 0 Å². The van der Waals surface area contributed by atoms with E-state index >= 15 is 0 Å². The highest BCUT2D eigenvalue weighted by molar-refractivity contribution is 5.75. The van der Waals surface area contributed by atoms with Crippen molar-refractivity contribution < 1.29 is 14.6 Å². The molecule has 1 amide bonds. The van der Waals surface area contributed by atoms with E-state index in [1.165, 1.54) is 0 Å². The molecule has 0 aliphatic rings. The molecule has 14 heavy (non-hydrogen) atoms. The Kier molecular flexibility index (Phi) is 5.72. The van der Waals surface area contributed by atoms with Gasteiger partial charge >= 0.3 is 0 Å². The molecule has 4 heteroatoms. The summed E-state index contributed by atoms with van der Waals surface area (Å²) in [6.45, 7) is 6.14. The highest BCUT2D eigenvalue weighted by Crippen LogP contribution is 2.13. The molecule has 0 heterocycles. The molecule has 0 fully saturated rings. The first-order chi connectivity index (χ1) is 6.41. The number of hydrogen-bond acceptors (Lipinski definition) is 3. The molecule has 0 aromatic rings. The zero-order valence-electron chi connectivity index (χ0n) is 9.46. The third-order valence-electron chi connectivity index (χ3n) is 2.22. The minimum Gasteiger partial charge on any atom is -0.390 e. The zero-order chi connectivity index (χ0) is 11.2. The van der Waals surface area contributed by atoms with Crippen LogP contribution in [0.1, 0.15) is 33.6 Å². The van der Waals surface area contributed by atoms with Gasteiger partial charge in [-0.05, 0) is 20.3 Å². The van der Waals surface area contributed by atoms with Crippen molar-refractivity contribution in [3.8, 4) is 0 Å². The summed E-state index contributed by atoms with van der Waals surface area (Å²) >= 11 is 0. The fourth-order valence-electron chi connectivity index (χ4n) is 0.799. The van der Waals surface area contributed by atoms with Gasteiger partial charge in [0.15, 0.2) is 0 Å². The number of amides is 1. The van der Waals surface area contributed by atoms with Gasteiger partial charge in [-0.3, -0.25) is 4.79 Å². The maximum absolute atomic E-state index is 10.9. The second-order valence-electron chi connectivity index (χ2n) is 3.96. The molecular formula is C10H21NO3. The van der Waals surface area contributed by atoms with Crippen molar-refractivity contribution in [3.05, 3.63) is 0 Å². The van der Waals surface area contributed by atoms with Gasteiger partial charge < -0.3 is 15.2 Å². The van der Waals surface area contributed by atoms with Crippen LogP contribution in [0.4, 0.5) is 0 Å². The van der Waals surface area contributed by atoms with E-state index in [-0.39, 0.29) is 24.5 Å². The molecule has 0 aliphatic carbocycles. The van der Waals surface area contributed by atoms with Crippen molar-refractivity contribution in [1.82, 2.24) is 5.32 Å². The van der Waals surface area contributed by atoms with Crippen LogP contribution in [0, 0.1) is 0 Å². The maximum atomic E-state index is 10.9. The lowest BCUT2D eigenvalue weighted by molar-refractivity contribution is -0.125. The van der Waals surface area contributed by atoms with E-state index in [9.17, 15) is 9.90 Å². The van der Waals surface area contributed by atoms with Crippen molar-refractivity contribution in [2.45, 2.75) is 45.3 Å². The van der Waals surface area contributed by atoms with Gasteiger partial charge in [-0.1, -0.05) is 6.92 Å². The smallest absolute Gasteiger partial charge is 0.222 e. The molecule has 0 radical (unpaired) electrons. The Morgan fingerprint density at radius 3 is 2.57 bits per heavy atom. The van der Waals surface area contributed by atoms with Gasteiger partial charge in [-0.2, -0.15) is 0 Å². The van der Waals surface area contributed by atoms with Crippen LogP contribution < -0.4 is 5.32 Å². The summed E-state index contributed by atoms with van der Waals surface area (Å²) in [6.07, 6.45) is 0.247. The number of rotatable bonds is 6. The van der Waals surface area contributed by atoms with Crippen molar-refractivity contribution in [2.75, 3.05) is 13.7 Å². The first kappa shape index (κ1) is 13.4. The van der Waals surface area contributed by atoms with Crippen molar-refractivity contribution in [2.24, 2.45) is 0 Å². The minimum absolute atomic E-state index is 0.0935. The average molecular weight is 203 g/mol. The number of hydrogen-bond donors (Lipinski definition) is 2. The van der Waals surface area contributed by atoms with Crippen LogP contribution in [0.5, 0.6) is 0 Å². The standard InChI is InChI=1S/C10H21NO3/c1-5-10(2,3)14-7-8(12)6-9(13)11-4/h8,12H,5-7H2,1-4H3,(H,11,13). The largest absolute Gasteiger partial charge is 0.390 e. The van der Waals surface area contributed by atoms with Crippen molar-refractivity contribution >= 4 is 5.91 Å². The summed E-state index contributed by atoms with van der Waals surface area (Å²) in [5, 5.41) is 11.9. The van der Waals surface area contributed by atoms with Crippen LogP contribution in [0.15, 0.2) is 0 Å². The Labute approximate surface area is 85.6 Å². The topological polar surface area (TPSA) is 58.6 Å². The number of ether oxygens (including phenoxy) is 1. The fourth-order valence-corrected chi connectivity index (χ4v) is 0.799. The number of carbonyl (C=O) groups excluding carboxylic acids is 1. The number of nitrogens with one attached hydrogen (secondary N) is 1. The number of aliphatic hydroxyl groups excluding tert-OH is 1. The van der Waals surface area contributed by atoms with Gasteiger partial charge in [0.2, 0.25) is 5.91 Å². The van der Waals surface area contributed by atoms with Crippen LogP contribution in [0.2, 0.25) is 0 Å². The molecule has 2 N–H and O–H groups in total. The van der Waals surface area contributed by atoms with Crippen molar-refractivity contribution in [1.29, 1.82) is 0 Å². The second-order valence-corrected chi connectivity index (χ2v) is 3.96. The molecule has 1 atom stereocenters. The molecule has 0 bridgehead atoms. The predicted molar refractivity (Wildman–Crippen MR) is 55.0 cm³/mol. The lowest BCUT2D eigenvalue weighted by Gasteiger charge is -2.25. The van der Waals surface area contributed by atoms with Gasteiger partial charge in [0, 0.05) is 7.05 Å². The summed E-state index contributed by atoms with van der Waals surface area (Å²) < 4.78 is 5.46.